The normalized spacial score (nSPS) is 28.9. The van der Waals surface area contributed by atoms with Crippen LogP contribution in [-0.4, -0.2) is 58.9 Å². The average Bonchev–Trinajstić information content (AvgIpc) is 2.82. The number of aromatic hydroxyl groups is 1. The first-order chi connectivity index (χ1) is 17.4. The monoisotopic (exact) mass is 508 g/mol. The third-order valence-corrected chi connectivity index (χ3v) is 8.02. The van der Waals surface area contributed by atoms with Gasteiger partial charge in [0.05, 0.1) is 11.5 Å². The van der Waals surface area contributed by atoms with Crippen molar-refractivity contribution in [2.75, 3.05) is 19.0 Å². The third kappa shape index (κ3) is 3.42. The van der Waals surface area contributed by atoms with Gasteiger partial charge in [0.25, 0.3) is 0 Å². The van der Waals surface area contributed by atoms with Crippen LogP contribution in [0.25, 0.3) is 11.1 Å². The first-order valence-corrected chi connectivity index (χ1v) is 11.9. The lowest BCUT2D eigenvalue weighted by molar-refractivity contribution is -0.175. The van der Waals surface area contributed by atoms with E-state index in [2.05, 4.69) is 0 Å². The topological polar surface area (TPSA) is 155 Å². The zero-order valence-electron chi connectivity index (χ0n) is 20.2. The lowest BCUT2D eigenvalue weighted by Crippen LogP contribution is -2.68. The van der Waals surface area contributed by atoms with Crippen molar-refractivity contribution >= 4 is 34.7 Å². The number of phenolic OH excluding ortho intramolecular Hbond substituents is 1. The predicted octanol–water partition coefficient (Wildman–Crippen LogP) is 1.20. The van der Waals surface area contributed by atoms with Gasteiger partial charge in [-0.2, -0.15) is 0 Å². The van der Waals surface area contributed by atoms with Gasteiger partial charge >= 0.3 is 0 Å². The molecule has 2 fully saturated rings. The number of nitrogens with zero attached hydrogens (tertiary/aromatic N) is 1. The van der Waals surface area contributed by atoms with Crippen LogP contribution in [0.2, 0.25) is 0 Å². The van der Waals surface area contributed by atoms with E-state index < -0.39 is 69.9 Å². The maximum Gasteiger partial charge on any atom is 0.235 e. The molecule has 2 saturated carbocycles. The summed E-state index contributed by atoms with van der Waals surface area (Å²) in [7, 11) is 3.51. The Labute approximate surface area is 211 Å². The van der Waals surface area contributed by atoms with Crippen LogP contribution in [0.15, 0.2) is 30.3 Å². The Morgan fingerprint density at radius 1 is 1.08 bits per heavy atom. The van der Waals surface area contributed by atoms with Gasteiger partial charge in [0.15, 0.2) is 34.7 Å². The molecule has 2 aromatic rings. The molecule has 192 valence electrons. The molecule has 1 amide bonds. The van der Waals surface area contributed by atoms with E-state index in [1.165, 1.54) is 24.3 Å². The van der Waals surface area contributed by atoms with Gasteiger partial charge in [-0.3, -0.25) is 24.0 Å². The van der Waals surface area contributed by atoms with Crippen molar-refractivity contribution in [3.8, 4) is 16.9 Å². The fourth-order valence-corrected chi connectivity index (χ4v) is 6.26. The van der Waals surface area contributed by atoms with Crippen molar-refractivity contribution < 1.29 is 38.6 Å². The minimum absolute atomic E-state index is 0.0222. The molecule has 0 radical (unpaired) electrons. The number of phenols is 1. The zero-order chi connectivity index (χ0) is 27.0. The van der Waals surface area contributed by atoms with Crippen molar-refractivity contribution in [1.82, 2.24) is 0 Å². The molecule has 3 aliphatic rings. The average molecular weight is 509 g/mol. The number of hydrogen-bond acceptors (Lipinski definition) is 8. The molecule has 0 spiro atoms. The van der Waals surface area contributed by atoms with Gasteiger partial charge in [-0.15, -0.1) is 0 Å². The number of Topliss-reactive ketones (excluding diaryl/α,β-unsaturated/α-hetero) is 4. The predicted molar refractivity (Wildman–Crippen MR) is 128 cm³/mol. The molecule has 2 aromatic carbocycles. The van der Waals surface area contributed by atoms with Gasteiger partial charge < -0.3 is 20.8 Å². The smallest absolute Gasteiger partial charge is 0.235 e. The summed E-state index contributed by atoms with van der Waals surface area (Å²) in [6.07, 6.45) is -0.188. The second kappa shape index (κ2) is 8.31. The number of ketones is 4. The number of anilines is 1. The van der Waals surface area contributed by atoms with Gasteiger partial charge in [-0.05, 0) is 48.1 Å². The highest BCUT2D eigenvalue weighted by Crippen LogP contribution is 2.52. The summed E-state index contributed by atoms with van der Waals surface area (Å²) in [5, 5.41) is 22.6. The highest BCUT2D eigenvalue weighted by Gasteiger charge is 2.66. The van der Waals surface area contributed by atoms with Gasteiger partial charge in [0.2, 0.25) is 5.91 Å². The minimum atomic E-state index is -2.70. The Hall–Kier alpha value is -3.92. The number of halogens is 1. The van der Waals surface area contributed by atoms with E-state index in [0.29, 0.717) is 16.8 Å². The molecule has 10 heteroatoms. The summed E-state index contributed by atoms with van der Waals surface area (Å²) in [6, 6.07) is 7.01. The number of carbonyl (C=O) groups is 5. The Morgan fingerprint density at radius 2 is 1.73 bits per heavy atom. The lowest BCUT2D eigenvalue weighted by atomic mass is 9.53. The molecule has 0 aliphatic heterocycles. The summed E-state index contributed by atoms with van der Waals surface area (Å²) < 4.78 is 13.5. The minimum Gasteiger partial charge on any atom is -0.507 e. The molecule has 0 aromatic heterocycles. The van der Waals surface area contributed by atoms with Crippen molar-refractivity contribution in [2.45, 2.75) is 24.9 Å². The summed E-state index contributed by atoms with van der Waals surface area (Å²) >= 11 is 0. The molecule has 5 atom stereocenters. The lowest BCUT2D eigenvalue weighted by Gasteiger charge is -2.48. The SMILES string of the molecule is CN(C)c1cc(-c2ccc(F)cc2)c(O)c2c1C[C@H]1C[C@H]3CC(=O)C(C(N)=O)C(=O)[C@@]3(O)C(=O)C1C2=O. The van der Waals surface area contributed by atoms with Crippen molar-refractivity contribution in [3.63, 3.8) is 0 Å². The number of rotatable bonds is 3. The molecule has 0 saturated heterocycles. The molecule has 37 heavy (non-hydrogen) atoms. The molecular weight excluding hydrogens is 483 g/mol. The van der Waals surface area contributed by atoms with Crippen LogP contribution >= 0.6 is 0 Å². The Balaban J connectivity index is 1.65. The first-order valence-electron chi connectivity index (χ1n) is 11.9. The largest absolute Gasteiger partial charge is 0.507 e. The maximum absolute atomic E-state index is 13.9. The number of benzene rings is 2. The van der Waals surface area contributed by atoms with Crippen LogP contribution < -0.4 is 10.6 Å². The third-order valence-electron chi connectivity index (χ3n) is 8.02. The highest BCUT2D eigenvalue weighted by atomic mass is 19.1. The molecule has 3 aliphatic carbocycles. The molecule has 0 bridgehead atoms. The van der Waals surface area contributed by atoms with Crippen LogP contribution in [0.1, 0.15) is 28.8 Å². The van der Waals surface area contributed by atoms with Crippen LogP contribution in [0, 0.1) is 29.5 Å². The molecule has 5 rings (SSSR count). The Bertz CT molecular complexity index is 1400. The van der Waals surface area contributed by atoms with E-state index in [4.69, 9.17) is 5.73 Å². The zero-order valence-corrected chi connectivity index (χ0v) is 20.2. The molecule has 9 nitrogen and oxygen atoms in total. The number of amides is 1. The number of carbonyl (C=O) groups excluding carboxylic acids is 5. The standard InChI is InChI=1S/C27H25FN2O7/c1-30(2)17-10-15(11-3-5-14(28)6-4-11)22(32)20-16(17)8-12-7-13-9-18(31)21(26(29)36)25(35)27(13,37)24(34)19(12)23(20)33/h3-6,10,12-13,19,21,32,37H,7-9H2,1-2H3,(H2,29,36)/t12-,13+,19?,21?,27+/m1/s1. The maximum atomic E-state index is 13.9. The van der Waals surface area contributed by atoms with Crippen LogP contribution in [0.3, 0.4) is 0 Å². The van der Waals surface area contributed by atoms with Gasteiger partial charge in [-0.25, -0.2) is 4.39 Å². The van der Waals surface area contributed by atoms with E-state index >= 15 is 0 Å². The van der Waals surface area contributed by atoms with E-state index in [9.17, 15) is 38.6 Å². The number of nitrogens with two attached hydrogens (primary N) is 1. The summed E-state index contributed by atoms with van der Waals surface area (Å²) in [6.45, 7) is 0. The summed E-state index contributed by atoms with van der Waals surface area (Å²) in [4.78, 5) is 66.6. The molecule has 4 N–H and O–H groups in total. The highest BCUT2D eigenvalue weighted by molar-refractivity contribution is 6.31. The van der Waals surface area contributed by atoms with Crippen LogP contribution in [0.4, 0.5) is 10.1 Å². The van der Waals surface area contributed by atoms with E-state index in [1.54, 1.807) is 25.1 Å². The fraction of sp³-hybridized carbons (Fsp3) is 0.370. The van der Waals surface area contributed by atoms with Crippen LogP contribution in [-0.2, 0) is 25.6 Å². The molecule has 0 heterocycles. The molecule has 2 unspecified atom stereocenters. The second-order valence-electron chi connectivity index (χ2n) is 10.3. The number of hydrogen-bond donors (Lipinski definition) is 3. The molecular formula is C27H25FN2O7. The summed E-state index contributed by atoms with van der Waals surface area (Å²) in [5.41, 5.74) is 4.21. The Kier molecular flexibility index (Phi) is 5.56. The number of aliphatic hydroxyl groups is 1. The van der Waals surface area contributed by atoms with Gasteiger partial charge in [0, 0.05) is 37.7 Å². The van der Waals surface area contributed by atoms with Gasteiger partial charge in [0.1, 0.15) is 11.6 Å². The first kappa shape index (κ1) is 24.8. The second-order valence-corrected chi connectivity index (χ2v) is 10.3. The summed E-state index contributed by atoms with van der Waals surface area (Å²) in [5.74, 6) is -11.1. The van der Waals surface area contributed by atoms with E-state index in [0.717, 1.165) is 0 Å². The van der Waals surface area contributed by atoms with Gasteiger partial charge in [-0.1, -0.05) is 12.1 Å². The fourth-order valence-electron chi connectivity index (χ4n) is 6.26. The number of fused-ring (bicyclic) bond motifs is 3. The quantitative estimate of drug-likeness (QED) is 0.523. The number of primary amides is 1. The van der Waals surface area contributed by atoms with Crippen LogP contribution in [0.5, 0.6) is 5.75 Å². The van der Waals surface area contributed by atoms with E-state index in [-0.39, 0.29) is 30.4 Å². The van der Waals surface area contributed by atoms with Crippen molar-refractivity contribution in [1.29, 1.82) is 0 Å². The van der Waals surface area contributed by atoms with Crippen molar-refractivity contribution in [2.24, 2.45) is 29.4 Å². The van der Waals surface area contributed by atoms with Crippen molar-refractivity contribution in [3.05, 3.63) is 47.3 Å². The van der Waals surface area contributed by atoms with E-state index in [1.807, 2.05) is 0 Å². The Morgan fingerprint density at radius 3 is 2.32 bits per heavy atom.